The van der Waals surface area contributed by atoms with Crippen molar-refractivity contribution in [1.29, 1.82) is 0 Å². The molecule has 27 heavy (non-hydrogen) atoms. The molecule has 0 aliphatic heterocycles. The second-order valence-corrected chi connectivity index (χ2v) is 5.55. The number of ether oxygens (including phenoxy) is 2. The maximum Gasteiger partial charge on any atom is 0.279 e. The molecule has 0 fully saturated rings. The monoisotopic (exact) mass is 375 g/mol. The summed E-state index contributed by atoms with van der Waals surface area (Å²) in [6.45, 7) is -0.495. The summed E-state index contributed by atoms with van der Waals surface area (Å²) in [4.78, 5) is 24.9. The standard InChI is InChI=1S/C18H15F2N3O4/c1-26-14-6-3-10-8-21-23(18(25)16(10)17(14)27-2)9-15(24)22-13-7-11(19)4-5-12(13)20/h3-8H,9H2,1-2H3,(H,22,24). The van der Waals surface area contributed by atoms with Gasteiger partial charge in [-0.15, -0.1) is 0 Å². The third-order valence-corrected chi connectivity index (χ3v) is 3.86. The number of methoxy groups -OCH3 is 2. The largest absolute Gasteiger partial charge is 0.493 e. The van der Waals surface area contributed by atoms with E-state index in [0.29, 0.717) is 11.1 Å². The number of carbonyl (C=O) groups excluding carboxylic acids is 1. The van der Waals surface area contributed by atoms with Gasteiger partial charge in [-0.2, -0.15) is 5.10 Å². The topological polar surface area (TPSA) is 82.5 Å². The van der Waals surface area contributed by atoms with Gasteiger partial charge in [-0.1, -0.05) is 0 Å². The number of nitrogens with one attached hydrogen (secondary N) is 1. The predicted octanol–water partition coefficient (Wildman–Crippen LogP) is 2.33. The maximum absolute atomic E-state index is 13.6. The summed E-state index contributed by atoms with van der Waals surface area (Å²) >= 11 is 0. The van der Waals surface area contributed by atoms with Crippen LogP contribution in [0.15, 0.2) is 41.3 Å². The molecule has 9 heteroatoms. The molecule has 0 bridgehead atoms. The van der Waals surface area contributed by atoms with Crippen molar-refractivity contribution < 1.29 is 23.0 Å². The molecule has 140 valence electrons. The number of halogens is 2. The van der Waals surface area contributed by atoms with Crippen molar-refractivity contribution in [2.24, 2.45) is 0 Å². The summed E-state index contributed by atoms with van der Waals surface area (Å²) in [7, 11) is 2.82. The number of aromatic nitrogens is 2. The lowest BCUT2D eigenvalue weighted by Gasteiger charge is -2.12. The summed E-state index contributed by atoms with van der Waals surface area (Å²) < 4.78 is 38.2. The molecule has 1 aromatic heterocycles. The fourth-order valence-electron chi connectivity index (χ4n) is 2.62. The summed E-state index contributed by atoms with van der Waals surface area (Å²) in [5.74, 6) is -1.67. The number of carbonyl (C=O) groups is 1. The van der Waals surface area contributed by atoms with Crippen LogP contribution in [0, 0.1) is 11.6 Å². The molecule has 3 aromatic rings. The first-order valence-electron chi connectivity index (χ1n) is 7.80. The van der Waals surface area contributed by atoms with Crippen molar-refractivity contribution in [1.82, 2.24) is 9.78 Å². The van der Waals surface area contributed by atoms with Gasteiger partial charge in [-0.3, -0.25) is 9.59 Å². The molecule has 0 unspecified atom stereocenters. The van der Waals surface area contributed by atoms with Crippen LogP contribution < -0.4 is 20.3 Å². The Hall–Kier alpha value is -3.49. The number of rotatable bonds is 5. The highest BCUT2D eigenvalue weighted by Gasteiger charge is 2.16. The molecule has 0 spiro atoms. The minimum atomic E-state index is -0.796. The molecule has 1 heterocycles. The van der Waals surface area contributed by atoms with Crippen molar-refractivity contribution in [3.05, 3.63) is 58.5 Å². The first-order chi connectivity index (χ1) is 12.9. The van der Waals surface area contributed by atoms with Crippen molar-refractivity contribution in [3.8, 4) is 11.5 Å². The summed E-state index contributed by atoms with van der Waals surface area (Å²) in [6.07, 6.45) is 1.40. The van der Waals surface area contributed by atoms with Crippen molar-refractivity contribution in [3.63, 3.8) is 0 Å². The van der Waals surface area contributed by atoms with Crippen LogP contribution >= 0.6 is 0 Å². The highest BCUT2D eigenvalue weighted by Crippen LogP contribution is 2.32. The van der Waals surface area contributed by atoms with Crippen molar-refractivity contribution >= 4 is 22.4 Å². The van der Waals surface area contributed by atoms with Gasteiger partial charge in [0.2, 0.25) is 5.91 Å². The second kappa shape index (κ2) is 7.40. The van der Waals surface area contributed by atoms with Gasteiger partial charge in [-0.05, 0) is 24.3 Å². The van der Waals surface area contributed by atoms with E-state index in [0.717, 1.165) is 22.9 Å². The first kappa shape index (κ1) is 18.3. The van der Waals surface area contributed by atoms with Gasteiger partial charge in [0.25, 0.3) is 5.56 Å². The average Bonchev–Trinajstić information content (AvgIpc) is 2.66. The number of anilines is 1. The number of benzene rings is 2. The Kier molecular flexibility index (Phi) is 5.02. The van der Waals surface area contributed by atoms with E-state index in [-0.39, 0.29) is 16.8 Å². The van der Waals surface area contributed by atoms with Crippen molar-refractivity contribution in [2.45, 2.75) is 6.54 Å². The lowest BCUT2D eigenvalue weighted by atomic mass is 10.1. The van der Waals surface area contributed by atoms with E-state index in [4.69, 9.17) is 9.47 Å². The molecule has 0 aliphatic rings. The quantitative estimate of drug-likeness (QED) is 0.740. The Bertz CT molecular complexity index is 1080. The van der Waals surface area contributed by atoms with Gasteiger partial charge in [0.15, 0.2) is 11.5 Å². The van der Waals surface area contributed by atoms with E-state index in [2.05, 4.69) is 10.4 Å². The highest BCUT2D eigenvalue weighted by molar-refractivity contribution is 5.92. The number of fused-ring (bicyclic) bond motifs is 1. The first-order valence-corrected chi connectivity index (χ1v) is 7.80. The van der Waals surface area contributed by atoms with Gasteiger partial charge in [-0.25, -0.2) is 13.5 Å². The smallest absolute Gasteiger partial charge is 0.279 e. The Labute approximate surface area is 152 Å². The van der Waals surface area contributed by atoms with E-state index in [1.807, 2.05) is 0 Å². The van der Waals surface area contributed by atoms with E-state index in [1.165, 1.54) is 20.4 Å². The zero-order chi connectivity index (χ0) is 19.6. The number of hydrogen-bond donors (Lipinski definition) is 1. The Morgan fingerprint density at radius 2 is 1.96 bits per heavy atom. The molecule has 7 nitrogen and oxygen atoms in total. The van der Waals surface area contributed by atoms with Crippen LogP contribution in [-0.4, -0.2) is 29.9 Å². The molecule has 1 N–H and O–H groups in total. The molecule has 0 saturated heterocycles. The number of amides is 1. The molecule has 0 radical (unpaired) electrons. The van der Waals surface area contributed by atoms with Crippen LogP contribution in [0.1, 0.15) is 0 Å². The van der Waals surface area contributed by atoms with E-state index >= 15 is 0 Å². The van der Waals surface area contributed by atoms with Gasteiger partial charge >= 0.3 is 0 Å². The molecular weight excluding hydrogens is 360 g/mol. The zero-order valence-electron chi connectivity index (χ0n) is 14.5. The van der Waals surface area contributed by atoms with Gasteiger partial charge < -0.3 is 14.8 Å². The van der Waals surface area contributed by atoms with Crippen LogP contribution in [0.5, 0.6) is 11.5 Å². The van der Waals surface area contributed by atoms with Gasteiger partial charge in [0, 0.05) is 11.5 Å². The fraction of sp³-hybridized carbons (Fsp3) is 0.167. The van der Waals surface area contributed by atoms with Crippen LogP contribution in [0.3, 0.4) is 0 Å². The molecule has 0 saturated carbocycles. The lowest BCUT2D eigenvalue weighted by Crippen LogP contribution is -2.30. The highest BCUT2D eigenvalue weighted by atomic mass is 19.1. The fourth-order valence-corrected chi connectivity index (χ4v) is 2.62. The van der Waals surface area contributed by atoms with E-state index in [1.54, 1.807) is 12.1 Å². The van der Waals surface area contributed by atoms with Gasteiger partial charge in [0.1, 0.15) is 18.2 Å². The Morgan fingerprint density at radius 1 is 1.19 bits per heavy atom. The molecule has 0 aliphatic carbocycles. The minimum absolute atomic E-state index is 0.191. The van der Waals surface area contributed by atoms with E-state index < -0.39 is 29.6 Å². The molecule has 0 atom stereocenters. The van der Waals surface area contributed by atoms with E-state index in [9.17, 15) is 18.4 Å². The van der Waals surface area contributed by atoms with Crippen molar-refractivity contribution in [2.75, 3.05) is 19.5 Å². The molecule has 3 rings (SSSR count). The molecular formula is C18H15F2N3O4. The number of hydrogen-bond acceptors (Lipinski definition) is 5. The SMILES string of the molecule is COc1ccc2cnn(CC(=O)Nc3cc(F)ccc3F)c(=O)c2c1OC. The van der Waals surface area contributed by atoms with Crippen LogP contribution in [-0.2, 0) is 11.3 Å². The Morgan fingerprint density at radius 3 is 2.67 bits per heavy atom. The second-order valence-electron chi connectivity index (χ2n) is 5.55. The third-order valence-electron chi connectivity index (χ3n) is 3.86. The predicted molar refractivity (Wildman–Crippen MR) is 94.1 cm³/mol. The summed E-state index contributed by atoms with van der Waals surface area (Å²) in [5.41, 5.74) is -0.911. The summed E-state index contributed by atoms with van der Waals surface area (Å²) in [6, 6.07) is 5.93. The number of nitrogens with zero attached hydrogens (tertiary/aromatic N) is 2. The molecule has 1 amide bonds. The Balaban J connectivity index is 1.95. The molecule has 2 aromatic carbocycles. The minimum Gasteiger partial charge on any atom is -0.493 e. The van der Waals surface area contributed by atoms with Crippen LogP contribution in [0.2, 0.25) is 0 Å². The average molecular weight is 375 g/mol. The zero-order valence-corrected chi connectivity index (χ0v) is 14.5. The van der Waals surface area contributed by atoms with Crippen LogP contribution in [0.25, 0.3) is 10.8 Å². The maximum atomic E-state index is 13.6. The lowest BCUT2D eigenvalue weighted by molar-refractivity contribution is -0.117. The van der Waals surface area contributed by atoms with Crippen LogP contribution in [0.4, 0.5) is 14.5 Å². The van der Waals surface area contributed by atoms with Gasteiger partial charge in [0.05, 0.1) is 31.5 Å². The summed E-state index contributed by atoms with van der Waals surface area (Å²) in [5, 5.41) is 6.85. The third kappa shape index (κ3) is 3.57. The normalized spacial score (nSPS) is 10.7.